The van der Waals surface area contributed by atoms with Crippen molar-refractivity contribution in [1.82, 2.24) is 0 Å². The summed E-state index contributed by atoms with van der Waals surface area (Å²) in [6.45, 7) is 1.87. The van der Waals surface area contributed by atoms with Gasteiger partial charge in [-0.15, -0.1) is 0 Å². The fraction of sp³-hybridized carbons (Fsp3) is 0.600. The summed E-state index contributed by atoms with van der Waals surface area (Å²) in [7, 11) is 0. The Morgan fingerprint density at radius 3 is 2.83 bits per heavy atom. The summed E-state index contributed by atoms with van der Waals surface area (Å²) in [6, 6.07) is 3.87. The minimum atomic E-state index is -0.206. The molecule has 1 atom stereocenters. The van der Waals surface area contributed by atoms with Crippen molar-refractivity contribution in [1.29, 1.82) is 0 Å². The fourth-order valence-corrected chi connectivity index (χ4v) is 1.66. The van der Waals surface area contributed by atoms with Crippen molar-refractivity contribution in [3.8, 4) is 0 Å². The first-order chi connectivity index (χ1) is 5.73. The molecule has 1 aromatic rings. The molecule has 2 nitrogen and oxygen atoms in total. The Labute approximate surface area is 72.2 Å². The van der Waals surface area contributed by atoms with Crippen LogP contribution >= 0.6 is 0 Å². The maximum absolute atomic E-state index is 9.50. The Morgan fingerprint density at radius 2 is 2.42 bits per heavy atom. The number of hydrogen-bond donors (Lipinski definition) is 1. The van der Waals surface area contributed by atoms with Crippen LogP contribution in [0.2, 0.25) is 0 Å². The molecule has 1 N–H and O–H groups in total. The molecule has 0 amide bonds. The molecule has 0 bridgehead atoms. The van der Waals surface area contributed by atoms with Crippen LogP contribution in [0.4, 0.5) is 0 Å². The van der Waals surface area contributed by atoms with Gasteiger partial charge in [0.2, 0.25) is 0 Å². The number of aliphatic hydroxyl groups excluding tert-OH is 1. The molecule has 12 heavy (non-hydrogen) atoms. The van der Waals surface area contributed by atoms with Crippen molar-refractivity contribution in [3.63, 3.8) is 0 Å². The molecule has 1 heterocycles. The Hall–Kier alpha value is -0.760. The molecule has 0 spiro atoms. The minimum Gasteiger partial charge on any atom is -0.469 e. The van der Waals surface area contributed by atoms with Gasteiger partial charge < -0.3 is 9.52 Å². The van der Waals surface area contributed by atoms with Crippen LogP contribution in [0.15, 0.2) is 22.8 Å². The third-order valence-electron chi connectivity index (χ3n) is 2.88. The SMILES string of the molecule is CC(O)C1(Cc2ccco2)CC1. The smallest absolute Gasteiger partial charge is 0.104 e. The van der Waals surface area contributed by atoms with E-state index in [-0.39, 0.29) is 11.5 Å². The van der Waals surface area contributed by atoms with Gasteiger partial charge in [-0.3, -0.25) is 0 Å². The van der Waals surface area contributed by atoms with Gasteiger partial charge in [0.25, 0.3) is 0 Å². The molecule has 2 rings (SSSR count). The van der Waals surface area contributed by atoms with E-state index < -0.39 is 0 Å². The van der Waals surface area contributed by atoms with Gasteiger partial charge in [0.15, 0.2) is 0 Å². The fourth-order valence-electron chi connectivity index (χ4n) is 1.66. The molecule has 1 aliphatic rings. The van der Waals surface area contributed by atoms with E-state index in [1.807, 2.05) is 19.1 Å². The summed E-state index contributed by atoms with van der Waals surface area (Å²) in [4.78, 5) is 0. The maximum atomic E-state index is 9.50. The second-order valence-corrected chi connectivity index (χ2v) is 3.79. The quantitative estimate of drug-likeness (QED) is 0.744. The number of rotatable bonds is 3. The van der Waals surface area contributed by atoms with Crippen LogP contribution in [-0.4, -0.2) is 11.2 Å². The summed E-state index contributed by atoms with van der Waals surface area (Å²) >= 11 is 0. The van der Waals surface area contributed by atoms with Gasteiger partial charge in [-0.2, -0.15) is 0 Å². The van der Waals surface area contributed by atoms with Gasteiger partial charge in [-0.1, -0.05) is 0 Å². The predicted molar refractivity (Wildman–Crippen MR) is 45.8 cm³/mol. The lowest BCUT2D eigenvalue weighted by molar-refractivity contribution is 0.107. The number of hydrogen-bond acceptors (Lipinski definition) is 2. The number of aliphatic hydroxyl groups is 1. The van der Waals surface area contributed by atoms with Crippen LogP contribution in [0, 0.1) is 5.41 Å². The molecule has 0 aliphatic heterocycles. The molecule has 1 saturated carbocycles. The van der Waals surface area contributed by atoms with E-state index in [0.29, 0.717) is 0 Å². The first kappa shape index (κ1) is 7.87. The second kappa shape index (κ2) is 2.63. The molecular weight excluding hydrogens is 152 g/mol. The second-order valence-electron chi connectivity index (χ2n) is 3.79. The molecule has 2 heteroatoms. The van der Waals surface area contributed by atoms with Crippen molar-refractivity contribution in [3.05, 3.63) is 24.2 Å². The minimum absolute atomic E-state index is 0.137. The Bertz CT molecular complexity index is 245. The van der Waals surface area contributed by atoms with Crippen molar-refractivity contribution in [2.24, 2.45) is 5.41 Å². The monoisotopic (exact) mass is 166 g/mol. The molecule has 1 aromatic heterocycles. The lowest BCUT2D eigenvalue weighted by Gasteiger charge is -2.16. The first-order valence-corrected chi connectivity index (χ1v) is 4.43. The summed E-state index contributed by atoms with van der Waals surface area (Å²) in [6.07, 6.45) is 4.63. The van der Waals surface area contributed by atoms with Crippen molar-refractivity contribution in [2.45, 2.75) is 32.3 Å². The molecule has 1 fully saturated rings. The Morgan fingerprint density at radius 1 is 1.67 bits per heavy atom. The van der Waals surface area contributed by atoms with E-state index >= 15 is 0 Å². The normalized spacial score (nSPS) is 22.2. The lowest BCUT2D eigenvalue weighted by Crippen LogP contribution is -2.20. The zero-order chi connectivity index (χ0) is 8.60. The van der Waals surface area contributed by atoms with Crippen LogP contribution in [-0.2, 0) is 6.42 Å². The molecule has 66 valence electrons. The van der Waals surface area contributed by atoms with Gasteiger partial charge in [0, 0.05) is 11.8 Å². The highest BCUT2D eigenvalue weighted by Crippen LogP contribution is 2.51. The number of furan rings is 1. The molecular formula is C10H14O2. The zero-order valence-corrected chi connectivity index (χ0v) is 7.29. The van der Waals surface area contributed by atoms with E-state index in [2.05, 4.69) is 0 Å². The van der Waals surface area contributed by atoms with Crippen LogP contribution in [0.5, 0.6) is 0 Å². The standard InChI is InChI=1S/C10H14O2/c1-8(11)10(4-5-10)7-9-3-2-6-12-9/h2-3,6,8,11H,4-5,7H2,1H3. The molecule has 0 aromatic carbocycles. The van der Waals surface area contributed by atoms with Crippen LogP contribution < -0.4 is 0 Å². The van der Waals surface area contributed by atoms with Crippen LogP contribution in [0.25, 0.3) is 0 Å². The van der Waals surface area contributed by atoms with Crippen LogP contribution in [0.3, 0.4) is 0 Å². The summed E-state index contributed by atoms with van der Waals surface area (Å²) in [5.41, 5.74) is 0.137. The lowest BCUT2D eigenvalue weighted by atomic mass is 9.95. The largest absolute Gasteiger partial charge is 0.469 e. The van der Waals surface area contributed by atoms with E-state index in [9.17, 15) is 5.11 Å². The zero-order valence-electron chi connectivity index (χ0n) is 7.29. The van der Waals surface area contributed by atoms with E-state index in [4.69, 9.17) is 4.42 Å². The Balaban J connectivity index is 2.04. The van der Waals surface area contributed by atoms with Gasteiger partial charge in [0.1, 0.15) is 5.76 Å². The topological polar surface area (TPSA) is 33.4 Å². The van der Waals surface area contributed by atoms with E-state index in [1.54, 1.807) is 6.26 Å². The maximum Gasteiger partial charge on any atom is 0.104 e. The van der Waals surface area contributed by atoms with E-state index in [0.717, 1.165) is 25.0 Å². The third kappa shape index (κ3) is 1.27. The summed E-state index contributed by atoms with van der Waals surface area (Å²) in [5, 5.41) is 9.50. The molecule has 0 radical (unpaired) electrons. The van der Waals surface area contributed by atoms with Gasteiger partial charge in [-0.05, 0) is 31.9 Å². The highest BCUT2D eigenvalue weighted by molar-refractivity contribution is 5.08. The predicted octanol–water partition coefficient (Wildman–Crippen LogP) is 1.98. The average molecular weight is 166 g/mol. The van der Waals surface area contributed by atoms with Gasteiger partial charge in [0.05, 0.1) is 12.4 Å². The van der Waals surface area contributed by atoms with E-state index in [1.165, 1.54) is 0 Å². The highest BCUT2D eigenvalue weighted by Gasteiger charge is 2.47. The summed E-state index contributed by atoms with van der Waals surface area (Å²) in [5.74, 6) is 0.994. The third-order valence-corrected chi connectivity index (χ3v) is 2.88. The molecule has 0 saturated heterocycles. The molecule has 1 aliphatic carbocycles. The summed E-state index contributed by atoms with van der Waals surface area (Å²) < 4.78 is 5.25. The van der Waals surface area contributed by atoms with Crippen molar-refractivity contribution >= 4 is 0 Å². The average Bonchev–Trinajstić information content (AvgIpc) is 2.60. The van der Waals surface area contributed by atoms with Gasteiger partial charge >= 0.3 is 0 Å². The molecule has 1 unspecified atom stereocenters. The van der Waals surface area contributed by atoms with Crippen molar-refractivity contribution in [2.75, 3.05) is 0 Å². The van der Waals surface area contributed by atoms with Gasteiger partial charge in [-0.25, -0.2) is 0 Å². The Kier molecular flexibility index (Phi) is 1.72. The van der Waals surface area contributed by atoms with Crippen LogP contribution in [0.1, 0.15) is 25.5 Å². The first-order valence-electron chi connectivity index (χ1n) is 4.43. The highest BCUT2D eigenvalue weighted by atomic mass is 16.3. The van der Waals surface area contributed by atoms with Crippen molar-refractivity contribution < 1.29 is 9.52 Å².